The van der Waals surface area contributed by atoms with E-state index in [1.54, 1.807) is 0 Å². The van der Waals surface area contributed by atoms with Gasteiger partial charge in [-0.05, 0) is 36.8 Å². The molecule has 2 aliphatic carbocycles. The molecular formula is C15H17BrO. The summed E-state index contributed by atoms with van der Waals surface area (Å²) in [7, 11) is 0. The van der Waals surface area contributed by atoms with Gasteiger partial charge in [-0.1, -0.05) is 47.0 Å². The Balaban J connectivity index is 2.01. The first-order valence-corrected chi connectivity index (χ1v) is 7.28. The van der Waals surface area contributed by atoms with Gasteiger partial charge in [-0.3, -0.25) is 0 Å². The molecule has 3 rings (SSSR count). The van der Waals surface area contributed by atoms with Crippen LogP contribution < -0.4 is 0 Å². The van der Waals surface area contributed by atoms with Gasteiger partial charge in [-0.15, -0.1) is 0 Å². The van der Waals surface area contributed by atoms with E-state index in [0.717, 1.165) is 12.3 Å². The third kappa shape index (κ3) is 1.69. The smallest absolute Gasteiger partial charge is 0.124 e. The predicted octanol–water partition coefficient (Wildman–Crippen LogP) is 4.10. The topological polar surface area (TPSA) is 17.1 Å². The molecule has 90 valence electrons. The molecule has 1 aromatic rings. The van der Waals surface area contributed by atoms with Crippen LogP contribution in [0, 0.1) is 11.8 Å². The van der Waals surface area contributed by atoms with Gasteiger partial charge in [-0.25, -0.2) is 0 Å². The van der Waals surface area contributed by atoms with Gasteiger partial charge in [0.1, 0.15) is 6.29 Å². The maximum atomic E-state index is 11.2. The van der Waals surface area contributed by atoms with Crippen molar-refractivity contribution in [2.45, 2.75) is 37.5 Å². The largest absolute Gasteiger partial charge is 0.303 e. The van der Waals surface area contributed by atoms with Crippen molar-refractivity contribution >= 4 is 22.2 Å². The molecule has 0 heterocycles. The van der Waals surface area contributed by atoms with Gasteiger partial charge >= 0.3 is 0 Å². The molecule has 0 saturated heterocycles. The highest BCUT2D eigenvalue weighted by molar-refractivity contribution is 9.10. The fraction of sp³-hybridized carbons (Fsp3) is 0.533. The minimum Gasteiger partial charge on any atom is -0.303 e. The number of aldehydes is 1. The summed E-state index contributed by atoms with van der Waals surface area (Å²) in [6, 6.07) is 8.45. The number of carbonyl (C=O) groups excluding carboxylic acids is 1. The van der Waals surface area contributed by atoms with Crippen LogP contribution in [0.3, 0.4) is 0 Å². The van der Waals surface area contributed by atoms with Crippen LogP contribution in [0.4, 0.5) is 0 Å². The van der Waals surface area contributed by atoms with E-state index in [1.807, 2.05) is 6.07 Å². The molecule has 2 atom stereocenters. The van der Waals surface area contributed by atoms with Crippen LogP contribution in [0.1, 0.15) is 37.7 Å². The Morgan fingerprint density at radius 2 is 1.94 bits per heavy atom. The van der Waals surface area contributed by atoms with Gasteiger partial charge in [-0.2, -0.15) is 0 Å². The second kappa shape index (κ2) is 4.24. The van der Waals surface area contributed by atoms with Gasteiger partial charge in [0, 0.05) is 15.8 Å². The molecule has 2 unspecified atom stereocenters. The zero-order chi connectivity index (χ0) is 11.9. The summed E-state index contributed by atoms with van der Waals surface area (Å²) in [6.45, 7) is 0. The van der Waals surface area contributed by atoms with Crippen molar-refractivity contribution in [2.24, 2.45) is 11.8 Å². The molecule has 0 N–H and O–H groups in total. The van der Waals surface area contributed by atoms with Gasteiger partial charge in [0.15, 0.2) is 0 Å². The van der Waals surface area contributed by atoms with Crippen LogP contribution in [0.2, 0.25) is 0 Å². The molecule has 17 heavy (non-hydrogen) atoms. The lowest BCUT2D eigenvalue weighted by Gasteiger charge is -2.25. The molecular weight excluding hydrogens is 276 g/mol. The molecule has 1 nitrogen and oxygen atoms in total. The maximum absolute atomic E-state index is 11.2. The molecule has 2 fully saturated rings. The Morgan fingerprint density at radius 1 is 1.24 bits per heavy atom. The molecule has 0 spiro atoms. The van der Waals surface area contributed by atoms with Crippen LogP contribution in [-0.4, -0.2) is 6.29 Å². The summed E-state index contributed by atoms with van der Waals surface area (Å²) < 4.78 is 1.18. The zero-order valence-corrected chi connectivity index (χ0v) is 11.4. The normalized spacial score (nSPS) is 32.6. The van der Waals surface area contributed by atoms with E-state index in [4.69, 9.17) is 0 Å². The number of rotatable bonds is 3. The first-order chi connectivity index (χ1) is 8.29. The van der Waals surface area contributed by atoms with E-state index < -0.39 is 0 Å². The Labute approximate surface area is 111 Å². The first-order valence-electron chi connectivity index (χ1n) is 6.49. The van der Waals surface area contributed by atoms with Crippen LogP contribution in [-0.2, 0) is 10.2 Å². The van der Waals surface area contributed by atoms with E-state index in [1.165, 1.54) is 42.0 Å². The molecule has 2 aliphatic rings. The summed E-state index contributed by atoms with van der Waals surface area (Å²) >= 11 is 3.66. The molecule has 0 radical (unpaired) electrons. The zero-order valence-electron chi connectivity index (χ0n) is 9.86. The monoisotopic (exact) mass is 292 g/mol. The summed E-state index contributed by atoms with van der Waals surface area (Å²) in [4.78, 5) is 11.2. The molecule has 0 aliphatic heterocycles. The second-order valence-corrected chi connectivity index (χ2v) is 6.30. The summed E-state index contributed by atoms with van der Waals surface area (Å²) in [6.07, 6.45) is 7.50. The van der Waals surface area contributed by atoms with Crippen LogP contribution in [0.25, 0.3) is 0 Å². The highest BCUT2D eigenvalue weighted by Crippen LogP contribution is 2.63. The van der Waals surface area contributed by atoms with Crippen molar-refractivity contribution in [3.8, 4) is 0 Å². The van der Waals surface area contributed by atoms with Crippen molar-refractivity contribution in [1.29, 1.82) is 0 Å². The highest BCUT2D eigenvalue weighted by Gasteiger charge is 2.60. The van der Waals surface area contributed by atoms with E-state index >= 15 is 0 Å². The third-order valence-electron chi connectivity index (χ3n) is 4.68. The summed E-state index contributed by atoms with van der Waals surface area (Å²) in [5.41, 5.74) is 1.53. The maximum Gasteiger partial charge on any atom is 0.124 e. The lowest BCUT2D eigenvalue weighted by atomic mass is 9.80. The molecule has 0 bridgehead atoms. The first kappa shape index (κ1) is 11.5. The molecule has 0 aromatic heterocycles. The highest BCUT2D eigenvalue weighted by atomic mass is 79.9. The second-order valence-electron chi connectivity index (χ2n) is 5.45. The van der Waals surface area contributed by atoms with Crippen molar-refractivity contribution < 1.29 is 4.79 Å². The minimum atomic E-state index is 0.165. The quantitative estimate of drug-likeness (QED) is 0.767. The predicted molar refractivity (Wildman–Crippen MR) is 71.9 cm³/mol. The van der Waals surface area contributed by atoms with E-state index in [2.05, 4.69) is 34.1 Å². The van der Waals surface area contributed by atoms with Gasteiger partial charge in [0.2, 0.25) is 0 Å². The summed E-state index contributed by atoms with van der Waals surface area (Å²) in [5.74, 6) is 0.973. The lowest BCUT2D eigenvalue weighted by molar-refractivity contribution is -0.109. The van der Waals surface area contributed by atoms with Gasteiger partial charge < -0.3 is 4.79 Å². The van der Waals surface area contributed by atoms with Crippen LogP contribution >= 0.6 is 15.9 Å². The summed E-state index contributed by atoms with van der Waals surface area (Å²) in [5, 5.41) is 0. The van der Waals surface area contributed by atoms with Crippen LogP contribution in [0.15, 0.2) is 28.7 Å². The number of benzene rings is 1. The molecule has 1 aromatic carbocycles. The molecule has 2 saturated carbocycles. The van der Waals surface area contributed by atoms with Gasteiger partial charge in [0.05, 0.1) is 0 Å². The van der Waals surface area contributed by atoms with Crippen molar-refractivity contribution in [2.75, 3.05) is 0 Å². The van der Waals surface area contributed by atoms with Crippen LogP contribution in [0.5, 0.6) is 0 Å². The fourth-order valence-electron chi connectivity index (χ4n) is 3.75. The number of hydrogen-bond donors (Lipinski definition) is 0. The lowest BCUT2D eigenvalue weighted by Crippen LogP contribution is -2.21. The molecule has 2 heteroatoms. The van der Waals surface area contributed by atoms with E-state index in [9.17, 15) is 4.79 Å². The number of carbonyl (C=O) groups is 1. The fourth-order valence-corrected chi connectivity index (χ4v) is 4.41. The third-order valence-corrected chi connectivity index (χ3v) is 5.37. The standard InChI is InChI=1S/C15H17BrO/c16-14-8-4-3-7-13(14)15(9-12(15)10-17)11-5-1-2-6-11/h3-4,7-8,10-12H,1-2,5-6,9H2. The Morgan fingerprint density at radius 3 is 2.53 bits per heavy atom. The van der Waals surface area contributed by atoms with Gasteiger partial charge in [0.25, 0.3) is 0 Å². The van der Waals surface area contributed by atoms with Crippen molar-refractivity contribution in [1.82, 2.24) is 0 Å². The molecule has 0 amide bonds. The Hall–Kier alpha value is -0.630. The SMILES string of the molecule is O=CC1CC1(c1ccccc1Br)C1CCCC1. The number of halogens is 1. The average molecular weight is 293 g/mol. The minimum absolute atomic E-state index is 0.165. The van der Waals surface area contributed by atoms with Crippen molar-refractivity contribution in [3.05, 3.63) is 34.3 Å². The Bertz CT molecular complexity index is 436. The average Bonchev–Trinajstić information content (AvgIpc) is 2.83. The van der Waals surface area contributed by atoms with E-state index in [0.29, 0.717) is 0 Å². The van der Waals surface area contributed by atoms with E-state index in [-0.39, 0.29) is 11.3 Å². The van der Waals surface area contributed by atoms with Crippen molar-refractivity contribution in [3.63, 3.8) is 0 Å². The number of hydrogen-bond acceptors (Lipinski definition) is 1. The Kier molecular flexibility index (Phi) is 2.86.